The number of rotatable bonds is 4. The Morgan fingerprint density at radius 2 is 2.55 bits per heavy atom. The van der Waals surface area contributed by atoms with Crippen LogP contribution in [0.15, 0.2) is 0 Å². The van der Waals surface area contributed by atoms with Gasteiger partial charge in [0.15, 0.2) is 0 Å². The lowest BCUT2D eigenvalue weighted by Crippen LogP contribution is -2.39. The van der Waals surface area contributed by atoms with E-state index in [0.717, 1.165) is 39.2 Å². The standard InChI is InChI=1S/C8H18N2O/c1-2-9-4-3-8-7-10-5-6-11-8/h8-10H,2-7H2,1H3. The molecule has 0 aromatic heterocycles. The molecule has 1 aliphatic rings. The Bertz CT molecular complexity index is 92.1. The Hall–Kier alpha value is -0.120. The maximum absolute atomic E-state index is 5.52. The summed E-state index contributed by atoms with van der Waals surface area (Å²) < 4.78 is 5.52. The first-order valence-corrected chi connectivity index (χ1v) is 4.46. The van der Waals surface area contributed by atoms with Crippen molar-refractivity contribution in [2.75, 3.05) is 32.8 Å². The molecule has 0 spiro atoms. The van der Waals surface area contributed by atoms with Gasteiger partial charge in [-0.3, -0.25) is 0 Å². The number of hydrogen-bond acceptors (Lipinski definition) is 3. The molecule has 0 amide bonds. The zero-order valence-electron chi connectivity index (χ0n) is 7.23. The van der Waals surface area contributed by atoms with E-state index in [0.29, 0.717) is 6.10 Å². The number of morpholine rings is 1. The molecule has 1 saturated heterocycles. The molecule has 1 fully saturated rings. The first-order valence-electron chi connectivity index (χ1n) is 4.46. The van der Waals surface area contributed by atoms with Gasteiger partial charge in [0.05, 0.1) is 12.7 Å². The van der Waals surface area contributed by atoms with E-state index in [2.05, 4.69) is 17.6 Å². The van der Waals surface area contributed by atoms with Crippen LogP contribution in [0.5, 0.6) is 0 Å². The van der Waals surface area contributed by atoms with Crippen LogP contribution < -0.4 is 10.6 Å². The Kier molecular flexibility index (Phi) is 4.50. The lowest BCUT2D eigenvalue weighted by Gasteiger charge is -2.23. The summed E-state index contributed by atoms with van der Waals surface area (Å²) in [5.74, 6) is 0. The van der Waals surface area contributed by atoms with Gasteiger partial charge in [-0.15, -0.1) is 0 Å². The smallest absolute Gasteiger partial charge is 0.0712 e. The molecule has 0 saturated carbocycles. The van der Waals surface area contributed by atoms with Crippen LogP contribution in [0.2, 0.25) is 0 Å². The zero-order valence-corrected chi connectivity index (χ0v) is 7.23. The lowest BCUT2D eigenvalue weighted by atomic mass is 10.2. The van der Waals surface area contributed by atoms with E-state index in [4.69, 9.17) is 4.74 Å². The van der Waals surface area contributed by atoms with Crippen LogP contribution in [0.4, 0.5) is 0 Å². The molecular weight excluding hydrogens is 140 g/mol. The molecular formula is C8H18N2O. The third kappa shape index (κ3) is 3.70. The highest BCUT2D eigenvalue weighted by Gasteiger charge is 2.11. The van der Waals surface area contributed by atoms with E-state index < -0.39 is 0 Å². The maximum Gasteiger partial charge on any atom is 0.0712 e. The lowest BCUT2D eigenvalue weighted by molar-refractivity contribution is 0.0240. The molecule has 3 nitrogen and oxygen atoms in total. The molecule has 1 unspecified atom stereocenters. The SMILES string of the molecule is CCNCCC1CNCCO1. The second-order valence-corrected chi connectivity index (χ2v) is 2.84. The number of nitrogens with one attached hydrogen (secondary N) is 2. The van der Waals surface area contributed by atoms with Crippen molar-refractivity contribution in [1.82, 2.24) is 10.6 Å². The Balaban J connectivity index is 1.96. The summed E-state index contributed by atoms with van der Waals surface area (Å²) >= 11 is 0. The van der Waals surface area contributed by atoms with Crippen molar-refractivity contribution in [3.63, 3.8) is 0 Å². The molecule has 0 radical (unpaired) electrons. The minimum Gasteiger partial charge on any atom is -0.376 e. The second kappa shape index (κ2) is 5.52. The van der Waals surface area contributed by atoms with Crippen LogP contribution in [0.1, 0.15) is 13.3 Å². The van der Waals surface area contributed by atoms with Crippen LogP contribution in [-0.2, 0) is 4.74 Å². The summed E-state index contributed by atoms with van der Waals surface area (Å²) in [6.07, 6.45) is 1.56. The molecule has 0 aliphatic carbocycles. The van der Waals surface area contributed by atoms with Gasteiger partial charge in [0, 0.05) is 13.1 Å². The van der Waals surface area contributed by atoms with Gasteiger partial charge in [-0.25, -0.2) is 0 Å². The molecule has 11 heavy (non-hydrogen) atoms. The molecule has 0 aromatic rings. The minimum absolute atomic E-state index is 0.433. The van der Waals surface area contributed by atoms with Gasteiger partial charge in [-0.1, -0.05) is 6.92 Å². The van der Waals surface area contributed by atoms with Crippen molar-refractivity contribution in [3.05, 3.63) is 0 Å². The predicted octanol–water partition coefficient (Wildman–Crippen LogP) is -0.0256. The largest absolute Gasteiger partial charge is 0.376 e. The fourth-order valence-corrected chi connectivity index (χ4v) is 1.24. The fourth-order valence-electron chi connectivity index (χ4n) is 1.24. The average Bonchev–Trinajstić information content (AvgIpc) is 2.07. The Morgan fingerprint density at radius 3 is 3.18 bits per heavy atom. The molecule has 2 N–H and O–H groups in total. The van der Waals surface area contributed by atoms with Gasteiger partial charge < -0.3 is 15.4 Å². The summed E-state index contributed by atoms with van der Waals surface area (Å²) in [5, 5.41) is 6.60. The average molecular weight is 158 g/mol. The normalized spacial score (nSPS) is 25.4. The second-order valence-electron chi connectivity index (χ2n) is 2.84. The highest BCUT2D eigenvalue weighted by atomic mass is 16.5. The number of ether oxygens (including phenoxy) is 1. The van der Waals surface area contributed by atoms with Crippen LogP contribution in [0.25, 0.3) is 0 Å². The van der Waals surface area contributed by atoms with Crippen molar-refractivity contribution in [3.8, 4) is 0 Å². The molecule has 1 heterocycles. The van der Waals surface area contributed by atoms with E-state index >= 15 is 0 Å². The Labute approximate surface area is 68.5 Å². The molecule has 0 bridgehead atoms. The predicted molar refractivity (Wildman–Crippen MR) is 45.8 cm³/mol. The minimum atomic E-state index is 0.433. The van der Waals surface area contributed by atoms with Gasteiger partial charge in [0.2, 0.25) is 0 Å². The van der Waals surface area contributed by atoms with Gasteiger partial charge in [0.25, 0.3) is 0 Å². The molecule has 1 atom stereocenters. The van der Waals surface area contributed by atoms with Gasteiger partial charge in [-0.05, 0) is 19.5 Å². The summed E-state index contributed by atoms with van der Waals surface area (Å²) in [5.41, 5.74) is 0. The van der Waals surface area contributed by atoms with Crippen molar-refractivity contribution < 1.29 is 4.74 Å². The van der Waals surface area contributed by atoms with E-state index in [1.54, 1.807) is 0 Å². The van der Waals surface area contributed by atoms with Crippen molar-refractivity contribution in [2.24, 2.45) is 0 Å². The fraction of sp³-hybridized carbons (Fsp3) is 1.00. The van der Waals surface area contributed by atoms with Crippen LogP contribution in [-0.4, -0.2) is 38.9 Å². The van der Waals surface area contributed by atoms with Crippen molar-refractivity contribution in [2.45, 2.75) is 19.4 Å². The Morgan fingerprint density at radius 1 is 1.64 bits per heavy atom. The van der Waals surface area contributed by atoms with Gasteiger partial charge >= 0.3 is 0 Å². The van der Waals surface area contributed by atoms with E-state index in [-0.39, 0.29) is 0 Å². The quantitative estimate of drug-likeness (QED) is 0.564. The maximum atomic E-state index is 5.52. The highest BCUT2D eigenvalue weighted by Crippen LogP contribution is 1.99. The first kappa shape index (κ1) is 8.97. The molecule has 0 aromatic carbocycles. The topological polar surface area (TPSA) is 33.3 Å². The van der Waals surface area contributed by atoms with E-state index in [1.807, 2.05) is 0 Å². The molecule has 1 rings (SSSR count). The monoisotopic (exact) mass is 158 g/mol. The first-order chi connectivity index (χ1) is 5.43. The summed E-state index contributed by atoms with van der Waals surface area (Å²) in [6, 6.07) is 0. The van der Waals surface area contributed by atoms with Crippen LogP contribution in [0.3, 0.4) is 0 Å². The zero-order chi connectivity index (χ0) is 7.94. The van der Waals surface area contributed by atoms with Crippen LogP contribution in [0, 0.1) is 0 Å². The molecule has 3 heteroatoms. The third-order valence-electron chi connectivity index (χ3n) is 1.90. The van der Waals surface area contributed by atoms with E-state index in [1.165, 1.54) is 0 Å². The van der Waals surface area contributed by atoms with Gasteiger partial charge in [-0.2, -0.15) is 0 Å². The highest BCUT2D eigenvalue weighted by molar-refractivity contribution is 4.67. The molecule has 1 aliphatic heterocycles. The van der Waals surface area contributed by atoms with Crippen LogP contribution >= 0.6 is 0 Å². The van der Waals surface area contributed by atoms with Crippen molar-refractivity contribution >= 4 is 0 Å². The van der Waals surface area contributed by atoms with Gasteiger partial charge in [0.1, 0.15) is 0 Å². The molecule has 66 valence electrons. The summed E-state index contributed by atoms with van der Waals surface area (Å²) in [6.45, 7) is 7.16. The third-order valence-corrected chi connectivity index (χ3v) is 1.90. The summed E-state index contributed by atoms with van der Waals surface area (Å²) in [4.78, 5) is 0. The van der Waals surface area contributed by atoms with E-state index in [9.17, 15) is 0 Å². The summed E-state index contributed by atoms with van der Waals surface area (Å²) in [7, 11) is 0. The van der Waals surface area contributed by atoms with Crippen molar-refractivity contribution in [1.29, 1.82) is 0 Å². The number of hydrogen-bond donors (Lipinski definition) is 2.